The Bertz CT molecular complexity index is 815. The highest BCUT2D eigenvalue weighted by Gasteiger charge is 2.34. The van der Waals surface area contributed by atoms with Gasteiger partial charge in [0.2, 0.25) is 0 Å². The van der Waals surface area contributed by atoms with Crippen molar-refractivity contribution >= 4 is 11.8 Å². The van der Waals surface area contributed by atoms with Gasteiger partial charge in [0.25, 0.3) is 11.8 Å². The summed E-state index contributed by atoms with van der Waals surface area (Å²) in [5.74, 6) is -0.319. The van der Waals surface area contributed by atoms with Crippen LogP contribution in [0.4, 0.5) is 0 Å². The van der Waals surface area contributed by atoms with Crippen molar-refractivity contribution in [2.24, 2.45) is 0 Å². The van der Waals surface area contributed by atoms with Crippen LogP contribution in [0.15, 0.2) is 48.5 Å². The Kier molecular flexibility index (Phi) is 5.99. The van der Waals surface area contributed by atoms with Crippen LogP contribution in [0.2, 0.25) is 0 Å². The molecule has 1 aliphatic heterocycles. The maximum absolute atomic E-state index is 12.4. The van der Waals surface area contributed by atoms with Crippen molar-refractivity contribution in [2.45, 2.75) is 45.6 Å². The Hall–Kier alpha value is -2.46. The standard InChI is InChI=1S/C24H30N2O2/c1-24(2,3)19-13-11-18(12-14-19)17-25(4)15-7-8-16-26-22(27)20-9-5-6-10-21(20)23(26)28/h5-6,9-14H,7-8,15-17H2,1-4H3. The quantitative estimate of drug-likeness (QED) is 0.526. The minimum absolute atomic E-state index is 0.159. The predicted molar refractivity (Wildman–Crippen MR) is 113 cm³/mol. The number of amides is 2. The first kappa shape index (κ1) is 20.3. The second kappa shape index (κ2) is 8.27. The molecule has 0 radical (unpaired) electrons. The van der Waals surface area contributed by atoms with Crippen LogP contribution in [0.5, 0.6) is 0 Å². The molecule has 1 heterocycles. The highest BCUT2D eigenvalue weighted by atomic mass is 16.2. The number of nitrogens with zero attached hydrogens (tertiary/aromatic N) is 2. The van der Waals surface area contributed by atoms with Crippen molar-refractivity contribution in [1.29, 1.82) is 0 Å². The monoisotopic (exact) mass is 378 g/mol. The Morgan fingerprint density at radius 1 is 0.857 bits per heavy atom. The van der Waals surface area contributed by atoms with Gasteiger partial charge in [-0.05, 0) is 55.1 Å². The van der Waals surface area contributed by atoms with E-state index in [1.807, 2.05) is 0 Å². The lowest BCUT2D eigenvalue weighted by Gasteiger charge is -2.21. The fourth-order valence-corrected chi connectivity index (χ4v) is 3.59. The lowest BCUT2D eigenvalue weighted by Crippen LogP contribution is -2.31. The molecular weight excluding hydrogens is 348 g/mol. The van der Waals surface area contributed by atoms with Gasteiger partial charge >= 0.3 is 0 Å². The van der Waals surface area contributed by atoms with Crippen LogP contribution >= 0.6 is 0 Å². The minimum Gasteiger partial charge on any atom is -0.302 e. The molecule has 2 aromatic carbocycles. The van der Waals surface area contributed by atoms with Crippen molar-refractivity contribution in [3.8, 4) is 0 Å². The average Bonchev–Trinajstić information content (AvgIpc) is 2.90. The predicted octanol–water partition coefficient (Wildman–Crippen LogP) is 4.49. The van der Waals surface area contributed by atoms with Crippen LogP contribution in [0, 0.1) is 0 Å². The second-order valence-corrected chi connectivity index (χ2v) is 8.70. The number of imide groups is 1. The van der Waals surface area contributed by atoms with Crippen LogP contribution in [0.25, 0.3) is 0 Å². The number of fused-ring (bicyclic) bond motifs is 1. The molecule has 0 N–H and O–H groups in total. The number of benzene rings is 2. The summed E-state index contributed by atoms with van der Waals surface area (Å²) in [7, 11) is 2.11. The molecule has 0 spiro atoms. The van der Waals surface area contributed by atoms with Gasteiger partial charge in [0.05, 0.1) is 11.1 Å². The summed E-state index contributed by atoms with van der Waals surface area (Å²) in [6.45, 7) is 9.00. The first-order valence-electron chi connectivity index (χ1n) is 10.0. The van der Waals surface area contributed by atoms with Crippen LogP contribution in [0.3, 0.4) is 0 Å². The van der Waals surface area contributed by atoms with Crippen LogP contribution in [0.1, 0.15) is 65.5 Å². The Balaban J connectivity index is 1.43. The van der Waals surface area contributed by atoms with Crippen LogP contribution in [-0.2, 0) is 12.0 Å². The number of unbranched alkanes of at least 4 members (excludes halogenated alkanes) is 1. The Labute approximate surface area is 168 Å². The summed E-state index contributed by atoms with van der Waals surface area (Å²) in [4.78, 5) is 28.4. The average molecular weight is 379 g/mol. The molecule has 0 saturated heterocycles. The Morgan fingerprint density at radius 2 is 1.43 bits per heavy atom. The van der Waals surface area contributed by atoms with E-state index in [1.165, 1.54) is 16.0 Å². The molecular formula is C24H30N2O2. The maximum Gasteiger partial charge on any atom is 0.261 e. The van der Waals surface area contributed by atoms with E-state index < -0.39 is 0 Å². The van der Waals surface area contributed by atoms with E-state index in [0.29, 0.717) is 17.7 Å². The van der Waals surface area contributed by atoms with Gasteiger partial charge in [-0.2, -0.15) is 0 Å². The molecule has 148 valence electrons. The van der Waals surface area contributed by atoms with E-state index in [-0.39, 0.29) is 17.2 Å². The highest BCUT2D eigenvalue weighted by Crippen LogP contribution is 2.23. The van der Waals surface area contributed by atoms with Gasteiger partial charge in [-0.1, -0.05) is 57.2 Å². The van der Waals surface area contributed by atoms with Crippen molar-refractivity contribution in [1.82, 2.24) is 9.80 Å². The maximum atomic E-state index is 12.4. The van der Waals surface area contributed by atoms with Crippen molar-refractivity contribution in [2.75, 3.05) is 20.1 Å². The molecule has 2 amide bonds. The molecule has 4 nitrogen and oxygen atoms in total. The van der Waals surface area contributed by atoms with Crippen LogP contribution in [-0.4, -0.2) is 41.8 Å². The summed E-state index contributed by atoms with van der Waals surface area (Å²) in [5, 5.41) is 0. The molecule has 0 aliphatic carbocycles. The van der Waals surface area contributed by atoms with Crippen molar-refractivity contribution in [3.05, 3.63) is 70.8 Å². The fourth-order valence-electron chi connectivity index (χ4n) is 3.59. The SMILES string of the molecule is CN(CCCCN1C(=O)c2ccccc2C1=O)Cc1ccc(C(C)(C)C)cc1. The molecule has 0 unspecified atom stereocenters. The first-order chi connectivity index (χ1) is 13.3. The lowest BCUT2D eigenvalue weighted by atomic mass is 9.87. The molecule has 3 rings (SSSR count). The number of carbonyl (C=O) groups excluding carboxylic acids is 2. The van der Waals surface area contributed by atoms with Gasteiger partial charge in [-0.15, -0.1) is 0 Å². The summed E-state index contributed by atoms with van der Waals surface area (Å²) < 4.78 is 0. The highest BCUT2D eigenvalue weighted by molar-refractivity contribution is 6.21. The smallest absolute Gasteiger partial charge is 0.261 e. The van der Waals surface area contributed by atoms with Crippen molar-refractivity contribution < 1.29 is 9.59 Å². The van der Waals surface area contributed by atoms with Crippen molar-refractivity contribution in [3.63, 3.8) is 0 Å². The molecule has 0 bridgehead atoms. The van der Waals surface area contributed by atoms with Gasteiger partial charge in [-0.25, -0.2) is 0 Å². The summed E-state index contributed by atoms with van der Waals surface area (Å²) in [6.07, 6.45) is 1.77. The zero-order valence-electron chi connectivity index (χ0n) is 17.4. The largest absolute Gasteiger partial charge is 0.302 e. The fraction of sp³-hybridized carbons (Fsp3) is 0.417. The molecule has 0 fully saturated rings. The molecule has 28 heavy (non-hydrogen) atoms. The van der Waals surface area contributed by atoms with E-state index >= 15 is 0 Å². The van der Waals surface area contributed by atoms with Gasteiger partial charge in [0.1, 0.15) is 0 Å². The third-order valence-corrected chi connectivity index (χ3v) is 5.32. The third kappa shape index (κ3) is 4.50. The molecule has 1 aliphatic rings. The Morgan fingerprint density at radius 3 is 1.96 bits per heavy atom. The van der Waals surface area contributed by atoms with Gasteiger partial charge < -0.3 is 4.90 Å². The molecule has 0 atom stereocenters. The van der Waals surface area contributed by atoms with Gasteiger partial charge in [0.15, 0.2) is 0 Å². The zero-order valence-corrected chi connectivity index (χ0v) is 17.4. The molecule has 0 saturated carbocycles. The van der Waals surface area contributed by atoms with E-state index in [2.05, 4.69) is 57.0 Å². The lowest BCUT2D eigenvalue weighted by molar-refractivity contribution is 0.0650. The number of carbonyl (C=O) groups is 2. The molecule has 4 heteroatoms. The minimum atomic E-state index is -0.159. The van der Waals surface area contributed by atoms with Gasteiger partial charge in [0, 0.05) is 13.1 Å². The molecule has 2 aromatic rings. The summed E-state index contributed by atoms with van der Waals surface area (Å²) in [6, 6.07) is 15.9. The van der Waals surface area contributed by atoms with Gasteiger partial charge in [-0.3, -0.25) is 14.5 Å². The normalized spacial score (nSPS) is 14.1. The number of rotatable bonds is 7. The number of hydrogen-bond donors (Lipinski definition) is 0. The van der Waals surface area contributed by atoms with Crippen LogP contribution < -0.4 is 0 Å². The van der Waals surface area contributed by atoms with E-state index in [4.69, 9.17) is 0 Å². The molecule has 0 aromatic heterocycles. The van der Waals surface area contributed by atoms with E-state index in [0.717, 1.165) is 25.9 Å². The van der Waals surface area contributed by atoms with E-state index in [9.17, 15) is 9.59 Å². The zero-order chi connectivity index (χ0) is 20.3. The number of hydrogen-bond acceptors (Lipinski definition) is 3. The van der Waals surface area contributed by atoms with E-state index in [1.54, 1.807) is 24.3 Å². The third-order valence-electron chi connectivity index (χ3n) is 5.32. The summed E-state index contributed by atoms with van der Waals surface area (Å²) >= 11 is 0. The first-order valence-corrected chi connectivity index (χ1v) is 10.0. The second-order valence-electron chi connectivity index (χ2n) is 8.70. The topological polar surface area (TPSA) is 40.6 Å². The summed E-state index contributed by atoms with van der Waals surface area (Å²) in [5.41, 5.74) is 3.89.